The van der Waals surface area contributed by atoms with Crippen molar-refractivity contribution in [3.05, 3.63) is 82.4 Å². The maximum atomic E-state index is 14.2. The number of hydrogen-bond acceptors (Lipinski definition) is 7. The number of aromatic nitrogens is 1. The van der Waals surface area contributed by atoms with Crippen LogP contribution in [0.5, 0.6) is 0 Å². The van der Waals surface area contributed by atoms with Crippen LogP contribution in [0.4, 0.5) is 10.1 Å². The van der Waals surface area contributed by atoms with E-state index in [1.54, 1.807) is 19.1 Å². The number of carbonyl (C=O) groups is 3. The van der Waals surface area contributed by atoms with E-state index in [1.165, 1.54) is 30.3 Å². The van der Waals surface area contributed by atoms with E-state index in [0.717, 1.165) is 6.07 Å². The first-order chi connectivity index (χ1) is 19.3. The molecule has 0 atom stereocenters. The van der Waals surface area contributed by atoms with Gasteiger partial charge >= 0.3 is 5.97 Å². The Balaban J connectivity index is 0.00000113. The summed E-state index contributed by atoms with van der Waals surface area (Å²) in [7, 11) is -3.67. The molecule has 2 aromatic carbocycles. The highest BCUT2D eigenvalue weighted by atomic mass is 32.2. The number of carbonyl (C=O) groups excluding carboxylic acids is 2. The van der Waals surface area contributed by atoms with Crippen LogP contribution in [0, 0.1) is 23.6 Å². The molecule has 1 heterocycles. The van der Waals surface area contributed by atoms with E-state index in [9.17, 15) is 32.3 Å². The summed E-state index contributed by atoms with van der Waals surface area (Å²) in [5.41, 5.74) is 6.00. The zero-order valence-corrected chi connectivity index (χ0v) is 24.4. The van der Waals surface area contributed by atoms with Crippen LogP contribution >= 0.6 is 0 Å². The lowest BCUT2D eigenvalue weighted by atomic mass is 9.94. The molecular weight excluding hydrogens is 569 g/mol. The van der Waals surface area contributed by atoms with Crippen LogP contribution in [-0.2, 0) is 10.1 Å². The number of rotatable bonds is 7. The Labute approximate surface area is 242 Å². The molecule has 1 aromatic heterocycles. The van der Waals surface area contributed by atoms with Crippen molar-refractivity contribution in [2.45, 2.75) is 27.7 Å². The number of amidine groups is 1. The summed E-state index contributed by atoms with van der Waals surface area (Å²) in [6.07, 6.45) is 0.715. The van der Waals surface area contributed by atoms with Crippen molar-refractivity contribution in [1.82, 2.24) is 10.3 Å². The molecule has 0 bridgehead atoms. The zero-order chi connectivity index (χ0) is 32.0. The molecule has 2 amide bonds. The van der Waals surface area contributed by atoms with Gasteiger partial charge in [-0.3, -0.25) is 19.6 Å². The number of aromatic carboxylic acids is 1. The number of nitrogens with one attached hydrogen (secondary N) is 3. The maximum Gasteiger partial charge on any atom is 0.336 e. The Morgan fingerprint density at radius 2 is 1.60 bits per heavy atom. The molecule has 14 heteroatoms. The van der Waals surface area contributed by atoms with Gasteiger partial charge in [-0.05, 0) is 54.3 Å². The van der Waals surface area contributed by atoms with E-state index in [2.05, 4.69) is 15.6 Å². The fraction of sp³-hybridized carbons (Fsp3) is 0.250. The average Bonchev–Trinajstić information content (AvgIpc) is 2.85. The standard InChI is InChI=1S/C27H28FN5O4.CH4O3S/c1-14-5-8-18(22(32-14)25(35)33-16-7-10-19(23(29)30)21(28)12-16)17-9-6-15(11-20(17)26(36)37)24(34)31-13-27(2,3)4;1-5(2,3)4/h5-12H,13H2,1-4H3,(H3,29,30)(H,31,34)(H,33,35)(H,36,37);1H3,(H,2,3,4). The van der Waals surface area contributed by atoms with E-state index in [-0.39, 0.29) is 44.6 Å². The Morgan fingerprint density at radius 1 is 1.00 bits per heavy atom. The minimum Gasteiger partial charge on any atom is -0.478 e. The van der Waals surface area contributed by atoms with Gasteiger partial charge < -0.3 is 21.5 Å². The second kappa shape index (κ2) is 13.3. The third-order valence-electron chi connectivity index (χ3n) is 5.35. The van der Waals surface area contributed by atoms with Crippen molar-refractivity contribution in [1.29, 1.82) is 5.41 Å². The third kappa shape index (κ3) is 10.1. The molecule has 0 aliphatic heterocycles. The molecule has 0 fully saturated rings. The predicted molar refractivity (Wildman–Crippen MR) is 156 cm³/mol. The van der Waals surface area contributed by atoms with Gasteiger partial charge in [0, 0.05) is 29.1 Å². The van der Waals surface area contributed by atoms with E-state index in [0.29, 0.717) is 18.5 Å². The molecule has 12 nitrogen and oxygen atoms in total. The third-order valence-corrected chi connectivity index (χ3v) is 5.35. The fourth-order valence-electron chi connectivity index (χ4n) is 3.49. The summed E-state index contributed by atoms with van der Waals surface area (Å²) in [6.45, 7) is 7.95. The Morgan fingerprint density at radius 3 is 2.12 bits per heavy atom. The maximum absolute atomic E-state index is 14.2. The van der Waals surface area contributed by atoms with E-state index < -0.39 is 39.6 Å². The van der Waals surface area contributed by atoms with Crippen LogP contribution in [0.25, 0.3) is 11.1 Å². The summed E-state index contributed by atoms with van der Waals surface area (Å²) >= 11 is 0. The van der Waals surface area contributed by atoms with Gasteiger partial charge in [-0.2, -0.15) is 8.42 Å². The molecule has 0 saturated heterocycles. The normalized spacial score (nSPS) is 11.1. The number of anilines is 1. The minimum absolute atomic E-state index is 0.0801. The van der Waals surface area contributed by atoms with Crippen LogP contribution in [0.15, 0.2) is 48.5 Å². The zero-order valence-electron chi connectivity index (χ0n) is 23.6. The van der Waals surface area contributed by atoms with Crippen molar-refractivity contribution in [2.24, 2.45) is 11.1 Å². The molecule has 224 valence electrons. The molecule has 0 aliphatic rings. The Bertz CT molecular complexity index is 1640. The minimum atomic E-state index is -3.67. The summed E-state index contributed by atoms with van der Waals surface area (Å²) in [5.74, 6) is -3.63. The largest absolute Gasteiger partial charge is 0.478 e. The Kier molecular flexibility index (Phi) is 10.6. The summed E-state index contributed by atoms with van der Waals surface area (Å²) in [5, 5.41) is 22.6. The molecule has 3 rings (SSSR count). The van der Waals surface area contributed by atoms with Crippen molar-refractivity contribution in [3.8, 4) is 11.1 Å². The number of carboxylic acid groups (broad SMARTS) is 1. The number of nitrogen functional groups attached to an aromatic ring is 1. The van der Waals surface area contributed by atoms with Gasteiger partial charge in [-0.1, -0.05) is 32.9 Å². The highest BCUT2D eigenvalue weighted by Crippen LogP contribution is 2.29. The molecule has 0 saturated carbocycles. The van der Waals surface area contributed by atoms with E-state index >= 15 is 0 Å². The van der Waals surface area contributed by atoms with Gasteiger partial charge in [-0.25, -0.2) is 14.2 Å². The van der Waals surface area contributed by atoms with Crippen molar-refractivity contribution < 1.29 is 36.9 Å². The van der Waals surface area contributed by atoms with Gasteiger partial charge in [0.15, 0.2) is 0 Å². The SMILES string of the molecule is CS(=O)(=O)O.Cc1ccc(-c2ccc(C(=O)NCC(C)(C)C)cc2C(=O)O)c(C(=O)Nc2ccc(C(=N)N)c(F)c2)n1. The van der Waals surface area contributed by atoms with Crippen LogP contribution in [0.1, 0.15) is 63.2 Å². The highest BCUT2D eigenvalue weighted by Gasteiger charge is 2.22. The highest BCUT2D eigenvalue weighted by molar-refractivity contribution is 7.85. The predicted octanol–water partition coefficient (Wildman–Crippen LogP) is 3.71. The second-order valence-electron chi connectivity index (χ2n) is 10.5. The number of nitrogens with two attached hydrogens (primary N) is 1. The molecule has 0 radical (unpaired) electrons. The number of amides is 2. The number of aryl methyl sites for hydroxylation is 1. The molecule has 0 unspecified atom stereocenters. The van der Waals surface area contributed by atoms with E-state index in [4.69, 9.17) is 15.7 Å². The smallest absolute Gasteiger partial charge is 0.336 e. The van der Waals surface area contributed by atoms with Crippen LogP contribution in [0.2, 0.25) is 0 Å². The van der Waals surface area contributed by atoms with Gasteiger partial charge in [0.1, 0.15) is 17.3 Å². The molecule has 7 N–H and O–H groups in total. The van der Waals surface area contributed by atoms with Crippen molar-refractivity contribution in [3.63, 3.8) is 0 Å². The van der Waals surface area contributed by atoms with Gasteiger partial charge in [0.05, 0.1) is 17.4 Å². The van der Waals surface area contributed by atoms with Crippen molar-refractivity contribution in [2.75, 3.05) is 18.1 Å². The molecule has 42 heavy (non-hydrogen) atoms. The lowest BCUT2D eigenvalue weighted by Gasteiger charge is -2.19. The van der Waals surface area contributed by atoms with Gasteiger partial charge in [-0.15, -0.1) is 0 Å². The number of pyridine rings is 1. The molecule has 0 spiro atoms. The second-order valence-corrected chi connectivity index (χ2v) is 11.9. The lowest BCUT2D eigenvalue weighted by Crippen LogP contribution is -2.32. The summed E-state index contributed by atoms with van der Waals surface area (Å²) in [4.78, 5) is 42.2. The summed E-state index contributed by atoms with van der Waals surface area (Å²) < 4.78 is 40.1. The number of halogens is 1. The summed E-state index contributed by atoms with van der Waals surface area (Å²) in [6, 6.07) is 11.1. The van der Waals surface area contributed by atoms with Crippen LogP contribution < -0.4 is 16.4 Å². The molecule has 3 aromatic rings. The Hall–Kier alpha value is -4.69. The topological polar surface area (TPSA) is 213 Å². The van der Waals surface area contributed by atoms with E-state index in [1.807, 2.05) is 20.8 Å². The first-order valence-electron chi connectivity index (χ1n) is 12.3. The first kappa shape index (κ1) is 33.5. The quantitative estimate of drug-likeness (QED) is 0.132. The number of benzene rings is 2. The number of nitrogens with zero attached hydrogens (tertiary/aromatic N) is 1. The van der Waals surface area contributed by atoms with Gasteiger partial charge in [0.25, 0.3) is 21.9 Å². The van der Waals surface area contributed by atoms with Gasteiger partial charge in [0.2, 0.25) is 0 Å². The fourth-order valence-corrected chi connectivity index (χ4v) is 3.49. The molecular formula is C28H32FN5O7S. The lowest BCUT2D eigenvalue weighted by molar-refractivity contribution is 0.0697. The monoisotopic (exact) mass is 601 g/mol. The number of hydrogen-bond donors (Lipinski definition) is 6. The van der Waals surface area contributed by atoms with Crippen LogP contribution in [-0.4, -0.2) is 59.5 Å². The first-order valence-corrected chi connectivity index (χ1v) is 14.1. The average molecular weight is 602 g/mol. The van der Waals surface area contributed by atoms with Crippen LogP contribution in [0.3, 0.4) is 0 Å². The van der Waals surface area contributed by atoms with Crippen molar-refractivity contribution >= 4 is 39.4 Å². The molecule has 0 aliphatic carbocycles. The number of carboxylic acids is 1.